The number of nitrogens with two attached hydrogens (primary N) is 1. The lowest BCUT2D eigenvalue weighted by molar-refractivity contribution is 0.178. The van der Waals surface area contributed by atoms with E-state index >= 15 is 0 Å². The van der Waals surface area contributed by atoms with E-state index in [-0.39, 0.29) is 0 Å². The highest BCUT2D eigenvalue weighted by molar-refractivity contribution is 5.49. The molecule has 0 unspecified atom stereocenters. The molecule has 0 aliphatic heterocycles. The molecule has 1 aliphatic carbocycles. The average molecular weight is 265 g/mol. The van der Waals surface area contributed by atoms with Crippen molar-refractivity contribution in [3.8, 4) is 0 Å². The van der Waals surface area contributed by atoms with Crippen molar-refractivity contribution in [2.45, 2.75) is 45.3 Å². The monoisotopic (exact) mass is 265 g/mol. The summed E-state index contributed by atoms with van der Waals surface area (Å²) in [4.78, 5) is 11.2. The highest BCUT2D eigenvalue weighted by Gasteiger charge is 2.23. The fourth-order valence-corrected chi connectivity index (χ4v) is 2.72. The largest absolute Gasteiger partial charge is 0.377 e. The molecule has 1 aromatic heterocycles. The molecule has 1 fully saturated rings. The molecule has 0 saturated heterocycles. The lowest BCUT2D eigenvalue weighted by Gasteiger charge is -2.29. The molecule has 0 aromatic carbocycles. The lowest BCUT2D eigenvalue weighted by Crippen LogP contribution is -2.34. The van der Waals surface area contributed by atoms with Gasteiger partial charge in [0.05, 0.1) is 0 Å². The summed E-state index contributed by atoms with van der Waals surface area (Å²) in [5.41, 5.74) is 2.60. The molecule has 106 valence electrons. The van der Waals surface area contributed by atoms with Gasteiger partial charge in [-0.1, -0.05) is 12.8 Å². The highest BCUT2D eigenvalue weighted by Crippen LogP contribution is 2.27. The van der Waals surface area contributed by atoms with Crippen molar-refractivity contribution in [1.29, 1.82) is 0 Å². The molecule has 0 radical (unpaired) electrons. The topological polar surface area (TPSA) is 76.3 Å². The summed E-state index contributed by atoms with van der Waals surface area (Å²) in [6.07, 6.45) is 5.09. The Morgan fingerprint density at radius 3 is 2.74 bits per heavy atom. The minimum Gasteiger partial charge on any atom is -0.377 e. The van der Waals surface area contributed by atoms with Crippen LogP contribution in [0.5, 0.6) is 0 Å². The molecule has 1 aromatic rings. The lowest BCUT2D eigenvalue weighted by atomic mass is 10.2. The van der Waals surface area contributed by atoms with Gasteiger partial charge in [-0.25, -0.2) is 15.8 Å². The first kappa shape index (κ1) is 14.0. The molecule has 0 bridgehead atoms. The van der Waals surface area contributed by atoms with Crippen molar-refractivity contribution in [3.63, 3.8) is 0 Å². The van der Waals surface area contributed by atoms with Crippen LogP contribution in [0.1, 0.15) is 38.4 Å². The van der Waals surface area contributed by atoms with E-state index in [1.54, 1.807) is 7.11 Å². The van der Waals surface area contributed by atoms with Crippen LogP contribution in [0.2, 0.25) is 0 Å². The quantitative estimate of drug-likeness (QED) is 0.602. The maximum Gasteiger partial charge on any atom is 0.158 e. The van der Waals surface area contributed by atoms with Gasteiger partial charge in [-0.2, -0.15) is 0 Å². The smallest absolute Gasteiger partial charge is 0.158 e. The first-order valence-electron chi connectivity index (χ1n) is 6.88. The third-order valence-corrected chi connectivity index (χ3v) is 3.58. The van der Waals surface area contributed by atoms with Gasteiger partial charge in [-0.05, 0) is 19.8 Å². The van der Waals surface area contributed by atoms with E-state index in [4.69, 9.17) is 10.6 Å². The fourth-order valence-electron chi connectivity index (χ4n) is 2.72. The number of rotatable bonds is 6. The van der Waals surface area contributed by atoms with Crippen LogP contribution < -0.4 is 16.2 Å². The van der Waals surface area contributed by atoms with Gasteiger partial charge >= 0.3 is 0 Å². The maximum atomic E-state index is 5.48. The number of hydrazine groups is 1. The zero-order valence-corrected chi connectivity index (χ0v) is 11.7. The van der Waals surface area contributed by atoms with Crippen LogP contribution in [0.4, 0.5) is 11.6 Å². The molecule has 6 heteroatoms. The Hall–Kier alpha value is -1.40. The Labute approximate surface area is 114 Å². The first-order chi connectivity index (χ1) is 9.28. The van der Waals surface area contributed by atoms with Crippen LogP contribution >= 0.6 is 0 Å². The summed E-state index contributed by atoms with van der Waals surface area (Å²) in [5, 5.41) is 0. The molecule has 1 saturated carbocycles. The van der Waals surface area contributed by atoms with E-state index in [9.17, 15) is 0 Å². The van der Waals surface area contributed by atoms with Gasteiger partial charge in [0, 0.05) is 25.8 Å². The van der Waals surface area contributed by atoms with Crippen LogP contribution in [0.15, 0.2) is 6.07 Å². The van der Waals surface area contributed by atoms with E-state index in [0.29, 0.717) is 24.3 Å². The van der Waals surface area contributed by atoms with Crippen LogP contribution in [0, 0.1) is 0 Å². The van der Waals surface area contributed by atoms with Crippen molar-refractivity contribution in [2.24, 2.45) is 5.84 Å². The molecule has 19 heavy (non-hydrogen) atoms. The Kier molecular flexibility index (Phi) is 4.93. The SMILES string of the molecule is CCN(c1cc(NN)nc(COC)n1)C1CCCC1. The fraction of sp³-hybridized carbons (Fsp3) is 0.692. The number of methoxy groups -OCH3 is 1. The van der Waals surface area contributed by atoms with E-state index in [1.165, 1.54) is 25.7 Å². The standard InChI is InChI=1S/C13H23N5O/c1-3-18(10-6-4-5-7-10)13-8-11(17-14)15-12(16-13)9-19-2/h8,10H,3-7,9,14H2,1-2H3,(H,15,16,17). The van der Waals surface area contributed by atoms with Gasteiger partial charge in [0.1, 0.15) is 18.2 Å². The molecule has 1 heterocycles. The zero-order chi connectivity index (χ0) is 13.7. The number of nitrogens with zero attached hydrogens (tertiary/aromatic N) is 3. The minimum absolute atomic E-state index is 0.394. The number of hydrogen-bond acceptors (Lipinski definition) is 6. The van der Waals surface area contributed by atoms with Crippen LogP contribution in [0.3, 0.4) is 0 Å². The third-order valence-electron chi connectivity index (χ3n) is 3.58. The second-order valence-electron chi connectivity index (χ2n) is 4.83. The Bertz CT molecular complexity index is 406. The van der Waals surface area contributed by atoms with Crippen molar-refractivity contribution < 1.29 is 4.74 Å². The Morgan fingerprint density at radius 2 is 2.16 bits per heavy atom. The van der Waals surface area contributed by atoms with Crippen LogP contribution in [-0.2, 0) is 11.3 Å². The van der Waals surface area contributed by atoms with Gasteiger partial charge in [-0.3, -0.25) is 0 Å². The van der Waals surface area contributed by atoms with Gasteiger partial charge in [0.25, 0.3) is 0 Å². The molecular formula is C13H23N5O. The zero-order valence-electron chi connectivity index (χ0n) is 11.7. The molecule has 0 spiro atoms. The number of ether oxygens (including phenoxy) is 1. The Morgan fingerprint density at radius 1 is 1.42 bits per heavy atom. The van der Waals surface area contributed by atoms with Crippen molar-refractivity contribution in [2.75, 3.05) is 24.0 Å². The van der Waals surface area contributed by atoms with Gasteiger partial charge < -0.3 is 15.1 Å². The summed E-state index contributed by atoms with van der Waals surface area (Å²) in [6.45, 7) is 3.49. The van der Waals surface area contributed by atoms with Gasteiger partial charge in [-0.15, -0.1) is 0 Å². The number of anilines is 2. The molecule has 1 aliphatic rings. The van der Waals surface area contributed by atoms with Crippen molar-refractivity contribution in [1.82, 2.24) is 9.97 Å². The third kappa shape index (κ3) is 3.33. The minimum atomic E-state index is 0.394. The summed E-state index contributed by atoms with van der Waals surface area (Å²) in [5.74, 6) is 7.70. The van der Waals surface area contributed by atoms with E-state index in [2.05, 4.69) is 27.2 Å². The highest BCUT2D eigenvalue weighted by atomic mass is 16.5. The number of nitrogen functional groups attached to an aromatic ring is 1. The second kappa shape index (κ2) is 6.68. The second-order valence-corrected chi connectivity index (χ2v) is 4.83. The van der Waals surface area contributed by atoms with Gasteiger partial charge in [0.2, 0.25) is 0 Å². The van der Waals surface area contributed by atoms with Crippen LogP contribution in [-0.4, -0.2) is 29.7 Å². The number of aromatic nitrogens is 2. The number of hydrogen-bond donors (Lipinski definition) is 2. The van der Waals surface area contributed by atoms with Gasteiger partial charge in [0.15, 0.2) is 5.82 Å². The maximum absolute atomic E-state index is 5.48. The molecular weight excluding hydrogens is 242 g/mol. The molecule has 0 amide bonds. The molecule has 2 rings (SSSR count). The van der Waals surface area contributed by atoms with E-state index in [1.807, 2.05) is 6.07 Å². The number of nitrogens with one attached hydrogen (secondary N) is 1. The average Bonchev–Trinajstić information content (AvgIpc) is 2.93. The summed E-state index contributed by atoms with van der Waals surface area (Å²) in [7, 11) is 1.64. The molecule has 6 nitrogen and oxygen atoms in total. The summed E-state index contributed by atoms with van der Waals surface area (Å²) < 4.78 is 5.11. The van der Waals surface area contributed by atoms with Crippen molar-refractivity contribution in [3.05, 3.63) is 11.9 Å². The molecule has 3 N–H and O–H groups in total. The normalized spacial score (nSPS) is 15.7. The van der Waals surface area contributed by atoms with Crippen LogP contribution in [0.25, 0.3) is 0 Å². The van der Waals surface area contributed by atoms with E-state index < -0.39 is 0 Å². The predicted molar refractivity (Wildman–Crippen MR) is 75.8 cm³/mol. The summed E-state index contributed by atoms with van der Waals surface area (Å²) in [6, 6.07) is 2.49. The van der Waals surface area contributed by atoms with E-state index in [0.717, 1.165) is 12.4 Å². The summed E-state index contributed by atoms with van der Waals surface area (Å²) >= 11 is 0. The predicted octanol–water partition coefficient (Wildman–Crippen LogP) is 1.68. The van der Waals surface area contributed by atoms with Crippen molar-refractivity contribution >= 4 is 11.6 Å². The molecule has 0 atom stereocenters. The Balaban J connectivity index is 2.26. The first-order valence-corrected chi connectivity index (χ1v) is 6.88.